The topological polar surface area (TPSA) is 55.5 Å². The predicted octanol–water partition coefficient (Wildman–Crippen LogP) is 1.39. The Bertz CT molecular complexity index is 299. The molecule has 1 aromatic rings. The van der Waals surface area contributed by atoms with E-state index in [4.69, 9.17) is 10.5 Å². The minimum absolute atomic E-state index is 0.470. The number of methoxy groups -OCH3 is 1. The summed E-state index contributed by atoms with van der Waals surface area (Å²) in [4.78, 5) is 0. The average molecular weight is 195 g/mol. The fraction of sp³-hybridized carbons (Fsp3) is 0.455. The molecule has 1 atom stereocenters. The molecule has 0 amide bonds. The number of hydrogen-bond donors (Lipinski definition) is 2. The molecule has 14 heavy (non-hydrogen) atoms. The van der Waals surface area contributed by atoms with Crippen molar-refractivity contribution >= 4 is 0 Å². The highest BCUT2D eigenvalue weighted by atomic mass is 16.5. The molecule has 0 spiro atoms. The lowest BCUT2D eigenvalue weighted by atomic mass is 10.0. The van der Waals surface area contributed by atoms with Crippen molar-refractivity contribution in [2.75, 3.05) is 13.7 Å². The van der Waals surface area contributed by atoms with Gasteiger partial charge in [0.15, 0.2) is 0 Å². The Morgan fingerprint density at radius 1 is 1.50 bits per heavy atom. The van der Waals surface area contributed by atoms with E-state index < -0.39 is 6.10 Å². The van der Waals surface area contributed by atoms with Crippen molar-refractivity contribution in [1.82, 2.24) is 0 Å². The van der Waals surface area contributed by atoms with Crippen LogP contribution in [0.4, 0.5) is 0 Å². The highest BCUT2D eigenvalue weighted by Crippen LogP contribution is 2.27. The Morgan fingerprint density at radius 3 is 2.79 bits per heavy atom. The number of rotatable bonds is 4. The first-order valence-electron chi connectivity index (χ1n) is 4.71. The van der Waals surface area contributed by atoms with Gasteiger partial charge in [-0.1, -0.05) is 11.6 Å². The van der Waals surface area contributed by atoms with Crippen LogP contribution in [-0.4, -0.2) is 18.8 Å². The number of aliphatic hydroxyl groups is 1. The van der Waals surface area contributed by atoms with E-state index in [0.29, 0.717) is 13.0 Å². The van der Waals surface area contributed by atoms with E-state index in [-0.39, 0.29) is 0 Å². The maximum Gasteiger partial charge on any atom is 0.124 e. The molecule has 1 rings (SSSR count). The van der Waals surface area contributed by atoms with E-state index >= 15 is 0 Å². The van der Waals surface area contributed by atoms with E-state index in [1.54, 1.807) is 7.11 Å². The molecule has 3 nitrogen and oxygen atoms in total. The molecular weight excluding hydrogens is 178 g/mol. The van der Waals surface area contributed by atoms with Gasteiger partial charge in [-0.05, 0) is 32.0 Å². The SMILES string of the molecule is COc1ccc(C)cc1[C@H](O)CCN. The molecule has 0 aliphatic rings. The second kappa shape index (κ2) is 4.98. The van der Waals surface area contributed by atoms with Gasteiger partial charge in [0.2, 0.25) is 0 Å². The van der Waals surface area contributed by atoms with Gasteiger partial charge in [-0.3, -0.25) is 0 Å². The number of aliphatic hydroxyl groups excluding tert-OH is 1. The molecule has 0 bridgehead atoms. The number of hydrogen-bond acceptors (Lipinski definition) is 3. The zero-order chi connectivity index (χ0) is 10.6. The zero-order valence-corrected chi connectivity index (χ0v) is 8.66. The first kappa shape index (κ1) is 11.0. The molecule has 0 radical (unpaired) electrons. The van der Waals surface area contributed by atoms with Gasteiger partial charge in [-0.25, -0.2) is 0 Å². The van der Waals surface area contributed by atoms with Gasteiger partial charge in [0.05, 0.1) is 13.2 Å². The van der Waals surface area contributed by atoms with Gasteiger partial charge in [-0.15, -0.1) is 0 Å². The first-order chi connectivity index (χ1) is 6.69. The maximum atomic E-state index is 9.80. The van der Waals surface area contributed by atoms with Crippen LogP contribution in [0.2, 0.25) is 0 Å². The molecule has 0 unspecified atom stereocenters. The standard InChI is InChI=1S/C11H17NO2/c1-8-3-4-11(14-2)9(7-8)10(13)5-6-12/h3-4,7,10,13H,5-6,12H2,1-2H3/t10-/m1/s1. The molecule has 3 heteroatoms. The van der Waals surface area contributed by atoms with Crippen LogP contribution in [0.1, 0.15) is 23.7 Å². The number of nitrogens with two attached hydrogens (primary N) is 1. The molecule has 0 aromatic heterocycles. The highest BCUT2D eigenvalue weighted by Gasteiger charge is 2.12. The van der Waals surface area contributed by atoms with Gasteiger partial charge in [-0.2, -0.15) is 0 Å². The summed E-state index contributed by atoms with van der Waals surface area (Å²) in [6.45, 7) is 2.45. The normalized spacial score (nSPS) is 12.6. The van der Waals surface area contributed by atoms with Crippen LogP contribution in [0.25, 0.3) is 0 Å². The van der Waals surface area contributed by atoms with Crippen LogP contribution in [0.3, 0.4) is 0 Å². The molecule has 3 N–H and O–H groups in total. The molecule has 0 aliphatic heterocycles. The Hall–Kier alpha value is -1.06. The summed E-state index contributed by atoms with van der Waals surface area (Å²) in [5.74, 6) is 0.719. The van der Waals surface area contributed by atoms with Crippen molar-refractivity contribution in [2.24, 2.45) is 5.73 Å². The molecule has 78 valence electrons. The van der Waals surface area contributed by atoms with Crippen molar-refractivity contribution < 1.29 is 9.84 Å². The number of benzene rings is 1. The third-order valence-electron chi connectivity index (χ3n) is 2.18. The van der Waals surface area contributed by atoms with Crippen LogP contribution in [0.5, 0.6) is 5.75 Å². The van der Waals surface area contributed by atoms with Gasteiger partial charge < -0.3 is 15.6 Å². The van der Waals surface area contributed by atoms with Crippen LogP contribution >= 0.6 is 0 Å². The molecule has 0 saturated carbocycles. The van der Waals surface area contributed by atoms with Crippen LogP contribution in [0, 0.1) is 6.92 Å². The molecule has 0 aliphatic carbocycles. The van der Waals surface area contributed by atoms with Gasteiger partial charge in [0, 0.05) is 5.56 Å². The lowest BCUT2D eigenvalue weighted by Crippen LogP contribution is -2.08. The lowest BCUT2D eigenvalue weighted by molar-refractivity contribution is 0.166. The van der Waals surface area contributed by atoms with Crippen molar-refractivity contribution in [3.8, 4) is 5.75 Å². The fourth-order valence-electron chi connectivity index (χ4n) is 1.43. The number of ether oxygens (including phenoxy) is 1. The van der Waals surface area contributed by atoms with E-state index in [9.17, 15) is 5.11 Å². The van der Waals surface area contributed by atoms with Crippen molar-refractivity contribution in [3.05, 3.63) is 29.3 Å². The molecule has 1 aromatic carbocycles. The highest BCUT2D eigenvalue weighted by molar-refractivity contribution is 5.38. The Labute approximate surface area is 84.5 Å². The Morgan fingerprint density at radius 2 is 2.21 bits per heavy atom. The van der Waals surface area contributed by atoms with Gasteiger partial charge >= 0.3 is 0 Å². The fourth-order valence-corrected chi connectivity index (χ4v) is 1.43. The zero-order valence-electron chi connectivity index (χ0n) is 8.66. The van der Waals surface area contributed by atoms with E-state index in [1.165, 1.54) is 0 Å². The summed E-state index contributed by atoms with van der Waals surface area (Å²) in [7, 11) is 1.60. The third kappa shape index (κ3) is 2.47. The quantitative estimate of drug-likeness (QED) is 0.763. The predicted molar refractivity (Wildman–Crippen MR) is 56.4 cm³/mol. The second-order valence-corrected chi connectivity index (χ2v) is 3.34. The largest absolute Gasteiger partial charge is 0.496 e. The third-order valence-corrected chi connectivity index (χ3v) is 2.18. The van der Waals surface area contributed by atoms with Crippen molar-refractivity contribution in [2.45, 2.75) is 19.4 Å². The first-order valence-corrected chi connectivity index (χ1v) is 4.71. The molecule has 0 fully saturated rings. The Kier molecular flexibility index (Phi) is 3.92. The van der Waals surface area contributed by atoms with Crippen LogP contribution < -0.4 is 10.5 Å². The van der Waals surface area contributed by atoms with E-state index in [2.05, 4.69) is 0 Å². The van der Waals surface area contributed by atoms with Crippen molar-refractivity contribution in [3.63, 3.8) is 0 Å². The summed E-state index contributed by atoms with van der Waals surface area (Å²) in [5, 5.41) is 9.80. The summed E-state index contributed by atoms with van der Waals surface area (Å²) < 4.78 is 5.17. The van der Waals surface area contributed by atoms with E-state index in [0.717, 1.165) is 16.9 Å². The van der Waals surface area contributed by atoms with Crippen LogP contribution in [-0.2, 0) is 0 Å². The average Bonchev–Trinajstić information content (AvgIpc) is 2.18. The smallest absolute Gasteiger partial charge is 0.124 e. The number of aryl methyl sites for hydroxylation is 1. The van der Waals surface area contributed by atoms with Gasteiger partial charge in [0.1, 0.15) is 5.75 Å². The molecule has 0 saturated heterocycles. The summed E-state index contributed by atoms with van der Waals surface area (Å²) in [6, 6.07) is 5.75. The van der Waals surface area contributed by atoms with E-state index in [1.807, 2.05) is 25.1 Å². The molecule has 0 heterocycles. The minimum Gasteiger partial charge on any atom is -0.496 e. The Balaban J connectivity index is 2.97. The van der Waals surface area contributed by atoms with Crippen LogP contribution in [0.15, 0.2) is 18.2 Å². The second-order valence-electron chi connectivity index (χ2n) is 3.34. The lowest BCUT2D eigenvalue weighted by Gasteiger charge is -2.14. The minimum atomic E-state index is -0.533. The summed E-state index contributed by atoms with van der Waals surface area (Å²) in [6.07, 6.45) is 0.0228. The molecular formula is C11H17NO2. The summed E-state index contributed by atoms with van der Waals surface area (Å²) >= 11 is 0. The maximum absolute atomic E-state index is 9.80. The summed E-state index contributed by atoms with van der Waals surface area (Å²) in [5.41, 5.74) is 7.32. The van der Waals surface area contributed by atoms with Crippen molar-refractivity contribution in [1.29, 1.82) is 0 Å². The van der Waals surface area contributed by atoms with Gasteiger partial charge in [0.25, 0.3) is 0 Å². The monoisotopic (exact) mass is 195 g/mol.